The van der Waals surface area contributed by atoms with E-state index in [4.69, 9.17) is 17.3 Å². The third kappa shape index (κ3) is 3.99. The van der Waals surface area contributed by atoms with E-state index in [0.29, 0.717) is 23.5 Å². The molecule has 146 valence electrons. The fourth-order valence-electron chi connectivity index (χ4n) is 3.25. The van der Waals surface area contributed by atoms with E-state index in [1.807, 2.05) is 32.9 Å². The van der Waals surface area contributed by atoms with Crippen LogP contribution in [0.1, 0.15) is 52.4 Å². The Hall–Kier alpha value is -2.93. The Bertz CT molecular complexity index is 1040. The highest BCUT2D eigenvalue weighted by atomic mass is 35.5. The molecule has 0 bridgehead atoms. The fraction of sp³-hybridized carbons (Fsp3) is 0.300. The van der Waals surface area contributed by atoms with Crippen molar-refractivity contribution in [2.75, 3.05) is 0 Å². The lowest BCUT2D eigenvalue weighted by Gasteiger charge is -2.15. The number of nitrogens with one attached hydrogen (secondary N) is 1. The van der Waals surface area contributed by atoms with Gasteiger partial charge in [-0.25, -0.2) is 9.97 Å². The van der Waals surface area contributed by atoms with Gasteiger partial charge in [0.25, 0.3) is 5.91 Å². The number of nitrogens with two attached hydrogens (primary N) is 1. The number of primary amides is 1. The maximum Gasteiger partial charge on any atom is 0.271 e. The molecule has 1 atom stereocenters. The predicted molar refractivity (Wildman–Crippen MR) is 107 cm³/mol. The number of hydrogen-bond donors (Lipinski definition) is 2. The number of rotatable bonds is 6. The first-order chi connectivity index (χ1) is 13.3. The van der Waals surface area contributed by atoms with Gasteiger partial charge in [-0.2, -0.15) is 0 Å². The molecule has 3 aromatic rings. The molecule has 0 saturated heterocycles. The largest absolute Gasteiger partial charge is 0.364 e. The van der Waals surface area contributed by atoms with Crippen molar-refractivity contribution in [2.45, 2.75) is 39.7 Å². The van der Waals surface area contributed by atoms with Crippen LogP contribution >= 0.6 is 11.6 Å². The Labute approximate surface area is 167 Å². The van der Waals surface area contributed by atoms with E-state index in [0.717, 1.165) is 22.5 Å². The first-order valence-electron chi connectivity index (χ1n) is 8.95. The summed E-state index contributed by atoms with van der Waals surface area (Å²) in [5.41, 5.74) is 9.52. The van der Waals surface area contributed by atoms with Crippen LogP contribution in [0.3, 0.4) is 0 Å². The van der Waals surface area contributed by atoms with Gasteiger partial charge in [0.1, 0.15) is 6.33 Å². The highest BCUT2D eigenvalue weighted by Crippen LogP contribution is 2.19. The minimum absolute atomic E-state index is 0.0511. The van der Waals surface area contributed by atoms with Gasteiger partial charge in [-0.3, -0.25) is 14.0 Å². The number of benzene rings is 1. The first kappa shape index (κ1) is 19.8. The maximum absolute atomic E-state index is 12.4. The maximum atomic E-state index is 12.4. The SMILES string of the molecule is Cc1nc2c(C(N)=O)ncn2c(C)c1CCC(=O)N[C@H](C)c1ccc(Cl)cc1. The summed E-state index contributed by atoms with van der Waals surface area (Å²) in [5.74, 6) is -0.665. The molecule has 0 aliphatic rings. The van der Waals surface area contributed by atoms with Crippen LogP contribution in [-0.2, 0) is 11.2 Å². The third-order valence-corrected chi connectivity index (χ3v) is 5.09. The lowest BCUT2D eigenvalue weighted by Crippen LogP contribution is -2.27. The molecule has 0 spiro atoms. The van der Waals surface area contributed by atoms with E-state index in [1.54, 1.807) is 16.5 Å². The van der Waals surface area contributed by atoms with Crippen LogP contribution in [0.5, 0.6) is 0 Å². The monoisotopic (exact) mass is 399 g/mol. The number of halogens is 1. The molecule has 0 saturated carbocycles. The molecule has 1 aromatic carbocycles. The molecule has 0 unspecified atom stereocenters. The van der Waals surface area contributed by atoms with Gasteiger partial charge in [0.15, 0.2) is 11.3 Å². The summed E-state index contributed by atoms with van der Waals surface area (Å²) >= 11 is 5.90. The normalized spacial score (nSPS) is 12.1. The lowest BCUT2D eigenvalue weighted by molar-refractivity contribution is -0.121. The quantitative estimate of drug-likeness (QED) is 0.665. The van der Waals surface area contributed by atoms with Crippen molar-refractivity contribution in [2.24, 2.45) is 5.73 Å². The number of amides is 2. The van der Waals surface area contributed by atoms with Crippen molar-refractivity contribution in [3.05, 3.63) is 63.8 Å². The average Bonchev–Trinajstić information content (AvgIpc) is 3.06. The van der Waals surface area contributed by atoms with Crippen molar-refractivity contribution in [3.63, 3.8) is 0 Å². The van der Waals surface area contributed by atoms with Crippen LogP contribution in [-0.4, -0.2) is 26.2 Å². The van der Waals surface area contributed by atoms with Crippen molar-refractivity contribution in [3.8, 4) is 0 Å². The second-order valence-electron chi connectivity index (χ2n) is 6.75. The van der Waals surface area contributed by atoms with Crippen LogP contribution in [0.25, 0.3) is 5.65 Å². The second kappa shape index (κ2) is 7.98. The Kier molecular flexibility index (Phi) is 5.65. The Morgan fingerprint density at radius 1 is 1.25 bits per heavy atom. The van der Waals surface area contributed by atoms with Crippen LogP contribution in [0, 0.1) is 13.8 Å². The molecule has 3 rings (SSSR count). The minimum Gasteiger partial charge on any atom is -0.364 e. The lowest BCUT2D eigenvalue weighted by atomic mass is 10.0. The zero-order chi connectivity index (χ0) is 20.4. The molecular weight excluding hydrogens is 378 g/mol. The van der Waals surface area contributed by atoms with E-state index in [9.17, 15) is 9.59 Å². The van der Waals surface area contributed by atoms with E-state index in [2.05, 4.69) is 15.3 Å². The van der Waals surface area contributed by atoms with Gasteiger partial charge in [-0.1, -0.05) is 23.7 Å². The predicted octanol–water partition coefficient (Wildman–Crippen LogP) is 2.91. The number of fused-ring (bicyclic) bond motifs is 1. The van der Waals surface area contributed by atoms with E-state index in [-0.39, 0.29) is 17.6 Å². The topological polar surface area (TPSA) is 102 Å². The number of hydrogen-bond acceptors (Lipinski definition) is 4. The molecule has 0 radical (unpaired) electrons. The fourth-order valence-corrected chi connectivity index (χ4v) is 3.38. The standard InChI is InChI=1S/C20H22ClN5O2/c1-11(14-4-6-15(21)7-5-14)24-17(27)9-8-16-12(2)25-20-18(19(22)28)23-10-26(20)13(16)3/h4-7,10-11H,8-9H2,1-3H3,(H2,22,28)(H,24,27)/t11-/m1/s1. The summed E-state index contributed by atoms with van der Waals surface area (Å²) in [7, 11) is 0. The highest BCUT2D eigenvalue weighted by molar-refractivity contribution is 6.30. The van der Waals surface area contributed by atoms with Crippen molar-refractivity contribution in [1.29, 1.82) is 0 Å². The number of carbonyl (C=O) groups excluding carboxylic acids is 2. The second-order valence-corrected chi connectivity index (χ2v) is 7.19. The summed E-state index contributed by atoms with van der Waals surface area (Å²) in [5, 5.41) is 3.66. The zero-order valence-corrected chi connectivity index (χ0v) is 16.7. The van der Waals surface area contributed by atoms with Gasteiger partial charge < -0.3 is 11.1 Å². The zero-order valence-electron chi connectivity index (χ0n) is 16.0. The summed E-state index contributed by atoms with van der Waals surface area (Å²) in [6, 6.07) is 7.29. The molecule has 7 nitrogen and oxygen atoms in total. The summed E-state index contributed by atoms with van der Waals surface area (Å²) in [6.07, 6.45) is 2.39. The van der Waals surface area contributed by atoms with Gasteiger partial charge in [-0.15, -0.1) is 0 Å². The molecule has 2 amide bonds. The molecule has 8 heteroatoms. The molecule has 0 aliphatic carbocycles. The van der Waals surface area contributed by atoms with Crippen LogP contribution in [0.15, 0.2) is 30.6 Å². The highest BCUT2D eigenvalue weighted by Gasteiger charge is 2.17. The van der Waals surface area contributed by atoms with Crippen molar-refractivity contribution < 1.29 is 9.59 Å². The average molecular weight is 400 g/mol. The number of aromatic nitrogens is 3. The number of carbonyl (C=O) groups is 2. The summed E-state index contributed by atoms with van der Waals surface area (Å²) in [4.78, 5) is 32.4. The molecule has 2 aromatic heterocycles. The van der Waals surface area contributed by atoms with Gasteiger partial charge in [0.05, 0.1) is 6.04 Å². The van der Waals surface area contributed by atoms with Gasteiger partial charge in [0.2, 0.25) is 5.91 Å². The van der Waals surface area contributed by atoms with Gasteiger partial charge >= 0.3 is 0 Å². The molecular formula is C20H22ClN5O2. The number of nitrogens with zero attached hydrogens (tertiary/aromatic N) is 3. The van der Waals surface area contributed by atoms with E-state index in [1.165, 1.54) is 6.33 Å². The molecule has 0 fully saturated rings. The molecule has 0 aliphatic heterocycles. The molecule has 28 heavy (non-hydrogen) atoms. The van der Waals surface area contributed by atoms with E-state index >= 15 is 0 Å². The van der Waals surface area contributed by atoms with Gasteiger partial charge in [0, 0.05) is 22.8 Å². The first-order valence-corrected chi connectivity index (χ1v) is 9.33. The molecule has 3 N–H and O–H groups in total. The van der Waals surface area contributed by atoms with E-state index < -0.39 is 5.91 Å². The summed E-state index contributed by atoms with van der Waals surface area (Å²) in [6.45, 7) is 5.70. The third-order valence-electron chi connectivity index (χ3n) is 4.83. The summed E-state index contributed by atoms with van der Waals surface area (Å²) < 4.78 is 1.73. The Morgan fingerprint density at radius 2 is 1.93 bits per heavy atom. The van der Waals surface area contributed by atoms with Crippen LogP contribution in [0.4, 0.5) is 0 Å². The van der Waals surface area contributed by atoms with Crippen molar-refractivity contribution in [1.82, 2.24) is 19.7 Å². The molecule has 2 heterocycles. The van der Waals surface area contributed by atoms with Crippen molar-refractivity contribution >= 4 is 29.1 Å². The van der Waals surface area contributed by atoms with Crippen LogP contribution in [0.2, 0.25) is 5.02 Å². The number of aryl methyl sites for hydroxylation is 2. The number of imidazole rings is 1. The smallest absolute Gasteiger partial charge is 0.271 e. The van der Waals surface area contributed by atoms with Crippen LogP contribution < -0.4 is 11.1 Å². The Balaban J connectivity index is 1.71. The Morgan fingerprint density at radius 3 is 2.57 bits per heavy atom. The minimum atomic E-state index is -0.614. The van der Waals surface area contributed by atoms with Gasteiger partial charge in [-0.05, 0) is 50.5 Å².